The maximum Gasteiger partial charge on any atom is 0.307 e. The lowest BCUT2D eigenvalue weighted by molar-refractivity contribution is 0.0923. The highest BCUT2D eigenvalue weighted by atomic mass is 16.5. The minimum absolute atomic E-state index is 0.156. The van der Waals surface area contributed by atoms with Crippen molar-refractivity contribution in [1.82, 2.24) is 14.6 Å². The number of ether oxygens (including phenoxy) is 2. The largest absolute Gasteiger partial charge is 0.490 e. The Kier molecular flexibility index (Phi) is 8.43. The van der Waals surface area contributed by atoms with Gasteiger partial charge in [-0.25, -0.2) is 5.43 Å². The van der Waals surface area contributed by atoms with Crippen LogP contribution in [0.25, 0.3) is 11.4 Å². The van der Waals surface area contributed by atoms with Crippen molar-refractivity contribution in [2.24, 2.45) is 5.10 Å². The molecule has 0 spiro atoms. The lowest BCUT2D eigenvalue weighted by atomic mass is 10.2. The normalized spacial score (nSPS) is 11.1. The van der Waals surface area contributed by atoms with Crippen LogP contribution in [0.3, 0.4) is 0 Å². The number of amides is 1. The molecule has 0 aliphatic carbocycles. The molecule has 8 nitrogen and oxygen atoms in total. The summed E-state index contributed by atoms with van der Waals surface area (Å²) in [6.45, 7) is 12.5. The summed E-state index contributed by atoms with van der Waals surface area (Å²) in [5, 5.41) is 4.16. The zero-order valence-electron chi connectivity index (χ0n) is 24.3. The first-order valence-electron chi connectivity index (χ1n) is 13.7. The fraction of sp³-hybridized carbons (Fsp3) is 0.176. The van der Waals surface area contributed by atoms with E-state index in [0.29, 0.717) is 18.1 Å². The van der Waals surface area contributed by atoms with Gasteiger partial charge in [-0.1, -0.05) is 12.7 Å². The lowest BCUT2D eigenvalue weighted by Crippen LogP contribution is -2.16. The predicted octanol–water partition coefficient (Wildman–Crippen LogP) is 7.00. The fourth-order valence-electron chi connectivity index (χ4n) is 4.88. The van der Waals surface area contributed by atoms with Gasteiger partial charge in [0.15, 0.2) is 5.76 Å². The Morgan fingerprint density at radius 2 is 1.45 bits per heavy atom. The minimum atomic E-state index is -0.441. The van der Waals surface area contributed by atoms with Gasteiger partial charge < -0.3 is 23.0 Å². The van der Waals surface area contributed by atoms with E-state index >= 15 is 0 Å². The number of hydrogen-bond donors (Lipinski definition) is 1. The zero-order valence-corrected chi connectivity index (χ0v) is 24.3. The molecule has 0 bridgehead atoms. The van der Waals surface area contributed by atoms with Gasteiger partial charge >= 0.3 is 5.91 Å². The van der Waals surface area contributed by atoms with Gasteiger partial charge in [0.2, 0.25) is 0 Å². The van der Waals surface area contributed by atoms with E-state index in [1.807, 2.05) is 68.4 Å². The van der Waals surface area contributed by atoms with Crippen molar-refractivity contribution in [3.63, 3.8) is 0 Å². The average Bonchev–Trinajstić information content (AvgIpc) is 3.68. The molecule has 0 aliphatic heterocycles. The van der Waals surface area contributed by atoms with Gasteiger partial charge in [0.1, 0.15) is 30.5 Å². The van der Waals surface area contributed by atoms with E-state index in [0.717, 1.165) is 34.1 Å². The molecule has 42 heavy (non-hydrogen) atoms. The molecule has 2 aromatic carbocycles. The number of aryl methyl sites for hydroxylation is 3. The topological polar surface area (TPSA) is 82.9 Å². The molecule has 8 heteroatoms. The molecular formula is C34H34N4O4. The Morgan fingerprint density at radius 3 is 2.10 bits per heavy atom. The van der Waals surface area contributed by atoms with Crippen LogP contribution in [0, 0.1) is 27.7 Å². The Bertz CT molecular complexity index is 1700. The fourth-order valence-corrected chi connectivity index (χ4v) is 4.88. The van der Waals surface area contributed by atoms with Gasteiger partial charge in [-0.15, -0.1) is 0 Å². The number of carbonyl (C=O) groups is 1. The first kappa shape index (κ1) is 28.3. The molecule has 0 radical (unpaired) electrons. The summed E-state index contributed by atoms with van der Waals surface area (Å²) in [6.07, 6.45) is 3.34. The summed E-state index contributed by atoms with van der Waals surface area (Å²) in [5.41, 5.74) is 9.90. The van der Waals surface area contributed by atoms with E-state index in [9.17, 15) is 4.79 Å². The van der Waals surface area contributed by atoms with Crippen LogP contribution in [-0.2, 0) is 6.61 Å². The highest BCUT2D eigenvalue weighted by Crippen LogP contribution is 2.23. The van der Waals surface area contributed by atoms with Crippen molar-refractivity contribution in [3.8, 4) is 22.9 Å². The molecule has 0 atom stereocenters. The van der Waals surface area contributed by atoms with Crippen molar-refractivity contribution in [3.05, 3.63) is 131 Å². The quantitative estimate of drug-likeness (QED) is 0.107. The van der Waals surface area contributed by atoms with Crippen molar-refractivity contribution in [2.75, 3.05) is 6.61 Å². The third-order valence-corrected chi connectivity index (χ3v) is 6.94. The number of hydrazone groups is 1. The number of rotatable bonds is 11. The lowest BCUT2D eigenvalue weighted by Gasteiger charge is -2.11. The molecule has 1 N–H and O–H groups in total. The molecule has 1 amide bonds. The summed E-state index contributed by atoms with van der Waals surface area (Å²) in [7, 11) is 0. The molecule has 3 aromatic heterocycles. The Balaban J connectivity index is 1.16. The summed E-state index contributed by atoms with van der Waals surface area (Å²) in [5.74, 6) is 1.75. The van der Waals surface area contributed by atoms with Crippen molar-refractivity contribution in [1.29, 1.82) is 0 Å². The molecule has 3 heterocycles. The smallest absolute Gasteiger partial charge is 0.307 e. The van der Waals surface area contributed by atoms with Crippen molar-refractivity contribution >= 4 is 12.1 Å². The molecule has 0 fully saturated rings. The van der Waals surface area contributed by atoms with E-state index in [2.05, 4.69) is 52.2 Å². The molecular weight excluding hydrogens is 528 g/mol. The van der Waals surface area contributed by atoms with Crippen molar-refractivity contribution in [2.45, 2.75) is 34.3 Å². The SMILES string of the molecule is C=CCOc1ccc(-n2c(C)cc(/C=N/NC(=O)c3ccc(COc4ccc(-n5c(C)ccc5C)cc4)o3)c2C)cc1. The van der Waals surface area contributed by atoms with E-state index in [4.69, 9.17) is 13.9 Å². The average molecular weight is 563 g/mol. The number of aromatic nitrogens is 2. The van der Waals surface area contributed by atoms with Crippen LogP contribution < -0.4 is 14.9 Å². The minimum Gasteiger partial charge on any atom is -0.490 e. The van der Waals surface area contributed by atoms with Gasteiger partial charge in [0.25, 0.3) is 0 Å². The molecule has 0 aliphatic rings. The third-order valence-electron chi connectivity index (χ3n) is 6.94. The van der Waals surface area contributed by atoms with E-state index in [1.54, 1.807) is 24.4 Å². The number of hydrogen-bond acceptors (Lipinski definition) is 5. The number of nitrogens with one attached hydrogen (secondary N) is 1. The van der Waals surface area contributed by atoms with Crippen LogP contribution >= 0.6 is 0 Å². The van der Waals surface area contributed by atoms with Gasteiger partial charge in [0, 0.05) is 39.7 Å². The Hall–Kier alpha value is -5.24. The molecule has 0 saturated heterocycles. The predicted molar refractivity (Wildman–Crippen MR) is 164 cm³/mol. The monoisotopic (exact) mass is 562 g/mol. The van der Waals surface area contributed by atoms with Gasteiger partial charge in [-0.2, -0.15) is 5.10 Å². The zero-order chi connectivity index (χ0) is 29.6. The van der Waals surface area contributed by atoms with Crippen molar-refractivity contribution < 1.29 is 18.7 Å². The second kappa shape index (κ2) is 12.5. The highest BCUT2D eigenvalue weighted by Gasteiger charge is 2.13. The molecule has 5 rings (SSSR count). The number of benzene rings is 2. The van der Waals surface area contributed by atoms with Crippen LogP contribution in [0.4, 0.5) is 0 Å². The molecule has 214 valence electrons. The van der Waals surface area contributed by atoms with Gasteiger partial charge in [0.05, 0.1) is 6.21 Å². The maximum atomic E-state index is 12.6. The van der Waals surface area contributed by atoms with Gasteiger partial charge in [-0.05, 0) is 107 Å². The number of furan rings is 1. The number of carbonyl (C=O) groups excluding carboxylic acids is 1. The third kappa shape index (κ3) is 6.23. The van der Waals surface area contributed by atoms with E-state index in [1.165, 1.54) is 11.4 Å². The van der Waals surface area contributed by atoms with Crippen LogP contribution in [-0.4, -0.2) is 27.9 Å². The first-order chi connectivity index (χ1) is 20.3. The van der Waals surface area contributed by atoms with Crippen LogP contribution in [0.15, 0.2) is 101 Å². The maximum absolute atomic E-state index is 12.6. The molecule has 0 saturated carbocycles. The summed E-state index contributed by atoms with van der Waals surface area (Å²) >= 11 is 0. The summed E-state index contributed by atoms with van der Waals surface area (Å²) in [6, 6.07) is 25.3. The Morgan fingerprint density at radius 1 is 0.833 bits per heavy atom. The van der Waals surface area contributed by atoms with Crippen LogP contribution in [0.2, 0.25) is 0 Å². The Labute approximate surface area is 245 Å². The van der Waals surface area contributed by atoms with Crippen LogP contribution in [0.5, 0.6) is 11.5 Å². The molecule has 0 unspecified atom stereocenters. The van der Waals surface area contributed by atoms with Crippen LogP contribution in [0.1, 0.15) is 44.7 Å². The summed E-state index contributed by atoms with van der Waals surface area (Å²) < 4.78 is 21.4. The first-order valence-corrected chi connectivity index (χ1v) is 13.7. The highest BCUT2D eigenvalue weighted by molar-refractivity contribution is 5.92. The summed E-state index contributed by atoms with van der Waals surface area (Å²) in [4.78, 5) is 12.6. The number of nitrogens with zero attached hydrogens (tertiary/aromatic N) is 3. The standard InChI is InChI=1S/C34H34N4O4/c1-6-19-40-30-13-11-29(12-14-30)38-25(4)20-27(26(38)5)21-35-36-34(39)33-18-17-32(42-33)22-41-31-15-9-28(10-16-31)37-23(2)7-8-24(37)3/h6-18,20-21H,1,19,22H2,2-5H3,(H,36,39)/b35-21+. The van der Waals surface area contributed by atoms with E-state index in [-0.39, 0.29) is 12.4 Å². The molecule has 5 aromatic rings. The second-order valence-electron chi connectivity index (χ2n) is 9.95. The van der Waals surface area contributed by atoms with E-state index < -0.39 is 5.91 Å². The van der Waals surface area contributed by atoms with Gasteiger partial charge in [-0.3, -0.25) is 4.79 Å². The second-order valence-corrected chi connectivity index (χ2v) is 9.95.